The van der Waals surface area contributed by atoms with Crippen LogP contribution in [0.4, 0.5) is 5.82 Å². The van der Waals surface area contributed by atoms with Crippen molar-refractivity contribution in [1.82, 2.24) is 24.7 Å². The topological polar surface area (TPSA) is 68.5 Å². The Morgan fingerprint density at radius 2 is 2.09 bits per heavy atom. The van der Waals surface area contributed by atoms with Gasteiger partial charge in [-0.1, -0.05) is 6.07 Å². The predicted molar refractivity (Wildman–Crippen MR) is 85.1 cm³/mol. The molecule has 0 atom stereocenters. The lowest BCUT2D eigenvalue weighted by Gasteiger charge is -2.07. The van der Waals surface area contributed by atoms with E-state index >= 15 is 0 Å². The second kappa shape index (κ2) is 6.34. The first-order chi connectivity index (χ1) is 10.7. The molecule has 0 spiro atoms. The largest absolute Gasteiger partial charge is 0.368 e. The lowest BCUT2D eigenvalue weighted by molar-refractivity contribution is 0.798. The Bertz CT molecular complexity index is 750. The van der Waals surface area contributed by atoms with E-state index in [0.717, 1.165) is 35.9 Å². The molecule has 0 saturated heterocycles. The van der Waals surface area contributed by atoms with Gasteiger partial charge in [0.05, 0.1) is 18.1 Å². The van der Waals surface area contributed by atoms with Gasteiger partial charge in [-0.15, -0.1) is 0 Å². The first-order valence-electron chi connectivity index (χ1n) is 7.22. The van der Waals surface area contributed by atoms with Crippen LogP contribution in [0.5, 0.6) is 0 Å². The van der Waals surface area contributed by atoms with E-state index in [1.807, 2.05) is 38.1 Å². The minimum atomic E-state index is 0.716. The second-order valence-electron chi connectivity index (χ2n) is 5.10. The number of anilines is 1. The average Bonchev–Trinajstić information content (AvgIpc) is 2.87. The molecule has 6 heteroatoms. The first kappa shape index (κ1) is 14.2. The number of pyridine rings is 1. The summed E-state index contributed by atoms with van der Waals surface area (Å²) >= 11 is 0. The number of hydrogen-bond acceptors (Lipinski definition) is 5. The summed E-state index contributed by atoms with van der Waals surface area (Å²) in [5.74, 6) is 1.45. The van der Waals surface area contributed by atoms with E-state index in [-0.39, 0.29) is 0 Å². The van der Waals surface area contributed by atoms with E-state index in [2.05, 4.69) is 25.4 Å². The highest BCUT2D eigenvalue weighted by atomic mass is 15.3. The summed E-state index contributed by atoms with van der Waals surface area (Å²) in [6.07, 6.45) is 6.07. The molecule has 0 unspecified atom stereocenters. The lowest BCUT2D eigenvalue weighted by Crippen LogP contribution is -2.10. The third kappa shape index (κ3) is 3.28. The van der Waals surface area contributed by atoms with Crippen LogP contribution >= 0.6 is 0 Å². The summed E-state index contributed by atoms with van der Waals surface area (Å²) in [4.78, 5) is 13.1. The minimum absolute atomic E-state index is 0.716. The fourth-order valence-corrected chi connectivity index (χ4v) is 2.27. The molecule has 3 heterocycles. The average molecular weight is 294 g/mol. The molecular weight excluding hydrogens is 276 g/mol. The molecule has 0 radical (unpaired) electrons. The van der Waals surface area contributed by atoms with Gasteiger partial charge in [0, 0.05) is 30.6 Å². The molecule has 3 rings (SSSR count). The van der Waals surface area contributed by atoms with Crippen LogP contribution in [0.2, 0.25) is 0 Å². The van der Waals surface area contributed by atoms with Crippen LogP contribution in [0.15, 0.2) is 42.9 Å². The maximum Gasteiger partial charge on any atom is 0.174 e. The van der Waals surface area contributed by atoms with Crippen molar-refractivity contribution in [2.75, 3.05) is 11.9 Å². The van der Waals surface area contributed by atoms with Crippen molar-refractivity contribution in [3.63, 3.8) is 0 Å². The summed E-state index contributed by atoms with van der Waals surface area (Å²) in [5.41, 5.74) is 3.06. The zero-order valence-electron chi connectivity index (χ0n) is 12.7. The Hall–Kier alpha value is -2.76. The third-order valence-corrected chi connectivity index (χ3v) is 3.26. The van der Waals surface area contributed by atoms with Crippen molar-refractivity contribution in [3.05, 3.63) is 59.9 Å². The Morgan fingerprint density at radius 3 is 2.82 bits per heavy atom. The molecule has 1 N–H and O–H groups in total. The van der Waals surface area contributed by atoms with Gasteiger partial charge in [0.15, 0.2) is 5.82 Å². The quantitative estimate of drug-likeness (QED) is 0.782. The van der Waals surface area contributed by atoms with Crippen LogP contribution in [0.25, 0.3) is 5.82 Å². The predicted octanol–water partition coefficient (Wildman–Crippen LogP) is 2.33. The molecule has 0 aliphatic rings. The molecule has 22 heavy (non-hydrogen) atoms. The molecule has 0 aliphatic heterocycles. The zero-order valence-corrected chi connectivity index (χ0v) is 12.7. The van der Waals surface area contributed by atoms with Gasteiger partial charge < -0.3 is 5.32 Å². The number of aryl methyl sites for hydroxylation is 2. The van der Waals surface area contributed by atoms with E-state index in [9.17, 15) is 0 Å². The van der Waals surface area contributed by atoms with Crippen LogP contribution in [0.1, 0.15) is 17.1 Å². The third-order valence-electron chi connectivity index (χ3n) is 3.26. The highest BCUT2D eigenvalue weighted by Crippen LogP contribution is 2.11. The van der Waals surface area contributed by atoms with Crippen LogP contribution < -0.4 is 5.32 Å². The van der Waals surface area contributed by atoms with Crippen molar-refractivity contribution >= 4 is 5.82 Å². The number of nitrogens with zero attached hydrogens (tertiary/aromatic N) is 5. The van der Waals surface area contributed by atoms with Crippen LogP contribution in [0, 0.1) is 13.8 Å². The zero-order chi connectivity index (χ0) is 15.4. The van der Waals surface area contributed by atoms with Gasteiger partial charge in [-0.25, -0.2) is 9.67 Å². The molecule has 6 nitrogen and oxygen atoms in total. The molecule has 0 amide bonds. The first-order valence-corrected chi connectivity index (χ1v) is 7.22. The highest BCUT2D eigenvalue weighted by Gasteiger charge is 2.06. The Morgan fingerprint density at radius 1 is 1.18 bits per heavy atom. The van der Waals surface area contributed by atoms with Crippen molar-refractivity contribution in [1.29, 1.82) is 0 Å². The Balaban J connectivity index is 1.68. The molecule has 0 bridgehead atoms. The van der Waals surface area contributed by atoms with Crippen molar-refractivity contribution in [2.24, 2.45) is 0 Å². The number of hydrogen-bond donors (Lipinski definition) is 1. The molecule has 112 valence electrons. The lowest BCUT2D eigenvalue weighted by atomic mass is 10.3. The van der Waals surface area contributed by atoms with E-state index < -0.39 is 0 Å². The smallest absolute Gasteiger partial charge is 0.174 e. The standard InChI is InChI=1S/C16H18N6/c1-12-9-13(2)22(21-12)16-11-17-10-15(20-16)19-8-6-14-5-3-4-7-18-14/h3-5,7,9-11H,6,8H2,1-2H3,(H,19,20). The van der Waals surface area contributed by atoms with Crippen molar-refractivity contribution in [2.45, 2.75) is 20.3 Å². The fraction of sp³-hybridized carbons (Fsp3) is 0.250. The maximum absolute atomic E-state index is 4.55. The Kier molecular flexibility index (Phi) is 4.09. The fourth-order valence-electron chi connectivity index (χ4n) is 2.27. The van der Waals surface area contributed by atoms with Crippen molar-refractivity contribution in [3.8, 4) is 5.82 Å². The van der Waals surface area contributed by atoms with Crippen LogP contribution in [0.3, 0.4) is 0 Å². The number of aromatic nitrogens is 5. The highest BCUT2D eigenvalue weighted by molar-refractivity contribution is 5.36. The van der Waals surface area contributed by atoms with E-state index in [1.54, 1.807) is 23.3 Å². The normalized spacial score (nSPS) is 10.6. The molecular formula is C16H18N6. The van der Waals surface area contributed by atoms with Crippen LogP contribution in [-0.4, -0.2) is 31.3 Å². The summed E-state index contributed by atoms with van der Waals surface area (Å²) in [7, 11) is 0. The molecule has 3 aromatic heterocycles. The van der Waals surface area contributed by atoms with Crippen molar-refractivity contribution < 1.29 is 0 Å². The van der Waals surface area contributed by atoms with Gasteiger partial charge in [-0.3, -0.25) is 9.97 Å². The summed E-state index contributed by atoms with van der Waals surface area (Å²) in [5, 5.41) is 7.70. The van der Waals surface area contributed by atoms with Gasteiger partial charge in [-0.2, -0.15) is 5.10 Å². The van der Waals surface area contributed by atoms with Crippen LogP contribution in [-0.2, 0) is 6.42 Å². The van der Waals surface area contributed by atoms with Gasteiger partial charge in [0.2, 0.25) is 0 Å². The molecule has 0 fully saturated rings. The van der Waals surface area contributed by atoms with Gasteiger partial charge >= 0.3 is 0 Å². The SMILES string of the molecule is Cc1cc(C)n(-c2cncc(NCCc3ccccn3)n2)n1. The minimum Gasteiger partial charge on any atom is -0.368 e. The maximum atomic E-state index is 4.55. The van der Waals surface area contributed by atoms with E-state index in [0.29, 0.717) is 5.82 Å². The van der Waals surface area contributed by atoms with Gasteiger partial charge in [0.1, 0.15) is 5.82 Å². The number of rotatable bonds is 5. The van der Waals surface area contributed by atoms with Gasteiger partial charge in [0.25, 0.3) is 0 Å². The summed E-state index contributed by atoms with van der Waals surface area (Å²) in [6.45, 7) is 4.72. The van der Waals surface area contributed by atoms with E-state index in [4.69, 9.17) is 0 Å². The summed E-state index contributed by atoms with van der Waals surface area (Å²) in [6, 6.07) is 7.94. The molecule has 3 aromatic rings. The molecule has 0 aliphatic carbocycles. The second-order valence-corrected chi connectivity index (χ2v) is 5.10. The Labute approximate surface area is 129 Å². The monoisotopic (exact) mass is 294 g/mol. The molecule has 0 saturated carbocycles. The van der Waals surface area contributed by atoms with Gasteiger partial charge in [-0.05, 0) is 32.0 Å². The molecule has 0 aromatic carbocycles. The number of nitrogens with one attached hydrogen (secondary N) is 1. The van der Waals surface area contributed by atoms with E-state index in [1.165, 1.54) is 0 Å². The summed E-state index contributed by atoms with van der Waals surface area (Å²) < 4.78 is 1.80.